The van der Waals surface area contributed by atoms with Crippen LogP contribution in [0.5, 0.6) is 17.2 Å². The molecule has 0 saturated carbocycles. The van der Waals surface area contributed by atoms with Crippen LogP contribution in [0.1, 0.15) is 52.0 Å². The molecule has 0 aliphatic carbocycles. The maximum absolute atomic E-state index is 12.8. The summed E-state index contributed by atoms with van der Waals surface area (Å²) in [5, 5.41) is 0. The third-order valence-corrected chi connectivity index (χ3v) is 6.51. The molecule has 0 atom stereocenters. The van der Waals surface area contributed by atoms with E-state index in [0.29, 0.717) is 36.8 Å². The zero-order valence-electron chi connectivity index (χ0n) is 27.2. The second-order valence-electron chi connectivity index (χ2n) is 10.2. The number of Topliss-reactive ketones (excluding diaryl/α,β-unsaturated/α-hetero) is 1. The highest BCUT2D eigenvalue weighted by atomic mass is 16.7. The molecule has 0 aliphatic rings. The van der Waals surface area contributed by atoms with E-state index in [0.717, 1.165) is 12.2 Å². The van der Waals surface area contributed by atoms with Crippen molar-refractivity contribution in [3.05, 3.63) is 115 Å². The number of unbranched alkanes of at least 4 members (excludes halogenated alkanes) is 2. The van der Waals surface area contributed by atoms with Gasteiger partial charge in [0.1, 0.15) is 17.2 Å². The third-order valence-electron chi connectivity index (χ3n) is 6.51. The quantitative estimate of drug-likeness (QED) is 0.0259. The minimum Gasteiger partial charge on any atom is -0.463 e. The van der Waals surface area contributed by atoms with Gasteiger partial charge in [0, 0.05) is 24.1 Å². The summed E-state index contributed by atoms with van der Waals surface area (Å²) in [5.74, 6) is -1.23. The smallest absolute Gasteiger partial charge is 0.463 e. The Labute approximate surface area is 288 Å². The molecule has 13 heteroatoms. The lowest BCUT2D eigenvalue weighted by molar-refractivity contribution is -0.138. The predicted molar refractivity (Wildman–Crippen MR) is 177 cm³/mol. The molecule has 13 nitrogen and oxygen atoms in total. The van der Waals surface area contributed by atoms with Crippen molar-refractivity contribution < 1.29 is 61.9 Å². The maximum Gasteiger partial charge on any atom is 0.513 e. The van der Waals surface area contributed by atoms with E-state index in [-0.39, 0.29) is 61.4 Å². The standard InChI is InChI=1S/C37H36O13/c1-3-33(39)44-21-5-7-23-46-36(42)49-30-17-11-27(12-18-30)32(38)25-26-9-15-29(16-10-26)48-35(41)28-13-19-31(20-14-28)50-37(43)47-24-8-6-22-45-34(40)4-2/h3-4,9-20H,1-2,5-8,21-25H2. The van der Waals surface area contributed by atoms with Gasteiger partial charge in [0.05, 0.1) is 32.0 Å². The molecule has 0 saturated heterocycles. The summed E-state index contributed by atoms with van der Waals surface area (Å²) < 4.78 is 35.2. The lowest BCUT2D eigenvalue weighted by Crippen LogP contribution is -2.13. The van der Waals surface area contributed by atoms with E-state index in [1.54, 1.807) is 24.3 Å². The molecule has 262 valence electrons. The summed E-state index contributed by atoms with van der Waals surface area (Å²) >= 11 is 0. The van der Waals surface area contributed by atoms with Gasteiger partial charge < -0.3 is 33.2 Å². The van der Waals surface area contributed by atoms with E-state index < -0.39 is 30.2 Å². The molecule has 0 N–H and O–H groups in total. The fourth-order valence-corrected chi connectivity index (χ4v) is 3.93. The highest BCUT2D eigenvalue weighted by Gasteiger charge is 2.13. The number of benzene rings is 3. The van der Waals surface area contributed by atoms with Gasteiger partial charge in [-0.3, -0.25) is 4.79 Å². The van der Waals surface area contributed by atoms with Crippen molar-refractivity contribution in [1.29, 1.82) is 0 Å². The van der Waals surface area contributed by atoms with Crippen molar-refractivity contribution in [3.8, 4) is 17.2 Å². The second-order valence-corrected chi connectivity index (χ2v) is 10.2. The minimum atomic E-state index is -0.916. The largest absolute Gasteiger partial charge is 0.513 e. The summed E-state index contributed by atoms with van der Waals surface area (Å²) in [6, 6.07) is 18.2. The molecule has 3 aromatic carbocycles. The molecule has 0 spiro atoms. The Bertz CT molecular complexity index is 1500. The van der Waals surface area contributed by atoms with E-state index in [1.807, 2.05) is 0 Å². The van der Waals surface area contributed by atoms with Crippen LogP contribution in [0.15, 0.2) is 98.1 Å². The summed E-state index contributed by atoms with van der Waals surface area (Å²) in [7, 11) is 0. The number of hydrogen-bond acceptors (Lipinski definition) is 13. The van der Waals surface area contributed by atoms with Gasteiger partial charge >= 0.3 is 30.2 Å². The van der Waals surface area contributed by atoms with E-state index in [9.17, 15) is 28.8 Å². The number of ketones is 1. The molecule has 0 amide bonds. The van der Waals surface area contributed by atoms with E-state index in [1.165, 1.54) is 48.5 Å². The molecule has 0 bridgehead atoms. The van der Waals surface area contributed by atoms with Gasteiger partial charge in [0.25, 0.3) is 0 Å². The summed E-state index contributed by atoms with van der Waals surface area (Å²) in [5.41, 5.74) is 1.30. The molecular formula is C37H36O13. The normalized spacial score (nSPS) is 10.2. The molecule has 0 aromatic heterocycles. The lowest BCUT2D eigenvalue weighted by atomic mass is 10.0. The third kappa shape index (κ3) is 14.3. The van der Waals surface area contributed by atoms with Crippen LogP contribution in [0.4, 0.5) is 9.59 Å². The zero-order chi connectivity index (χ0) is 36.1. The van der Waals surface area contributed by atoms with Crippen LogP contribution in [-0.4, -0.2) is 62.4 Å². The van der Waals surface area contributed by atoms with Crippen LogP contribution in [0.3, 0.4) is 0 Å². The van der Waals surface area contributed by atoms with Crippen LogP contribution in [-0.2, 0) is 35.0 Å². The van der Waals surface area contributed by atoms with Gasteiger partial charge in [0.15, 0.2) is 5.78 Å². The van der Waals surface area contributed by atoms with E-state index in [4.69, 9.17) is 33.2 Å². The van der Waals surface area contributed by atoms with Gasteiger partial charge in [-0.1, -0.05) is 25.3 Å². The molecule has 0 fully saturated rings. The number of hydrogen-bond donors (Lipinski definition) is 0. The number of carbonyl (C=O) groups excluding carboxylic acids is 6. The van der Waals surface area contributed by atoms with Gasteiger partial charge in [0.2, 0.25) is 0 Å². The van der Waals surface area contributed by atoms with Crippen LogP contribution < -0.4 is 14.2 Å². The molecule has 0 radical (unpaired) electrons. The van der Waals surface area contributed by atoms with Crippen LogP contribution >= 0.6 is 0 Å². The van der Waals surface area contributed by atoms with E-state index in [2.05, 4.69) is 13.2 Å². The lowest BCUT2D eigenvalue weighted by Gasteiger charge is -2.08. The van der Waals surface area contributed by atoms with Gasteiger partial charge in [-0.15, -0.1) is 0 Å². The Morgan fingerprint density at radius 3 is 1.30 bits per heavy atom. The predicted octanol–water partition coefficient (Wildman–Crippen LogP) is 6.38. The van der Waals surface area contributed by atoms with E-state index >= 15 is 0 Å². The first-order valence-corrected chi connectivity index (χ1v) is 15.5. The summed E-state index contributed by atoms with van der Waals surface area (Å²) in [4.78, 5) is 71.1. The Hall–Kier alpha value is -6.24. The molecule has 0 unspecified atom stereocenters. The second kappa shape index (κ2) is 20.9. The van der Waals surface area contributed by atoms with Gasteiger partial charge in [-0.25, -0.2) is 24.0 Å². The van der Waals surface area contributed by atoms with Gasteiger partial charge in [-0.2, -0.15) is 0 Å². The first kappa shape index (κ1) is 38.2. The van der Waals surface area contributed by atoms with Gasteiger partial charge in [-0.05, 0) is 91.9 Å². The molecule has 0 aliphatic heterocycles. The van der Waals surface area contributed by atoms with Crippen molar-refractivity contribution >= 4 is 36.0 Å². The van der Waals surface area contributed by atoms with Crippen molar-refractivity contribution in [2.24, 2.45) is 0 Å². The molecular weight excluding hydrogens is 652 g/mol. The summed E-state index contributed by atoms with van der Waals surface area (Å²) in [6.07, 6.45) is 2.35. The maximum atomic E-state index is 12.8. The monoisotopic (exact) mass is 688 g/mol. The van der Waals surface area contributed by atoms with Crippen molar-refractivity contribution in [2.75, 3.05) is 26.4 Å². The molecule has 3 rings (SSSR count). The highest BCUT2D eigenvalue weighted by Crippen LogP contribution is 2.19. The molecule has 0 heterocycles. The van der Waals surface area contributed by atoms with Crippen molar-refractivity contribution in [2.45, 2.75) is 32.1 Å². The van der Waals surface area contributed by atoms with Crippen LogP contribution in [0, 0.1) is 0 Å². The average Bonchev–Trinajstić information content (AvgIpc) is 3.12. The number of carbonyl (C=O) groups is 6. The highest BCUT2D eigenvalue weighted by molar-refractivity contribution is 5.97. The summed E-state index contributed by atoms with van der Waals surface area (Å²) in [6.45, 7) is 7.13. The minimum absolute atomic E-state index is 0.0760. The SMILES string of the molecule is C=CC(=O)OCCCCOC(=O)Oc1ccc(C(=O)Cc2ccc(OC(=O)c3ccc(OC(=O)OCCCCOC(=O)C=C)cc3)cc2)cc1. The van der Waals surface area contributed by atoms with Crippen molar-refractivity contribution in [3.63, 3.8) is 0 Å². The first-order valence-electron chi connectivity index (χ1n) is 15.5. The Morgan fingerprint density at radius 1 is 0.480 bits per heavy atom. The Balaban J connectivity index is 1.36. The first-order chi connectivity index (χ1) is 24.2. The molecule has 50 heavy (non-hydrogen) atoms. The molecule has 3 aromatic rings. The van der Waals surface area contributed by atoms with Crippen LogP contribution in [0.2, 0.25) is 0 Å². The topological polar surface area (TPSA) is 167 Å². The fraction of sp³-hybridized carbons (Fsp3) is 0.243. The number of ether oxygens (including phenoxy) is 7. The fourth-order valence-electron chi connectivity index (χ4n) is 3.93. The number of rotatable bonds is 19. The Morgan fingerprint density at radius 2 is 0.860 bits per heavy atom. The number of esters is 3. The Kier molecular flexibility index (Phi) is 16.0. The van der Waals surface area contributed by atoms with Crippen molar-refractivity contribution in [1.82, 2.24) is 0 Å². The zero-order valence-corrected chi connectivity index (χ0v) is 27.2. The average molecular weight is 689 g/mol. The van der Waals surface area contributed by atoms with Crippen LogP contribution in [0.25, 0.3) is 0 Å².